The molecule has 8 aliphatic rings. The van der Waals surface area contributed by atoms with E-state index in [1.54, 1.807) is 0 Å². The summed E-state index contributed by atoms with van der Waals surface area (Å²) in [5.41, 5.74) is 1.90. The lowest BCUT2D eigenvalue weighted by Gasteiger charge is -2.69. The second kappa shape index (κ2) is 10.2. The lowest BCUT2D eigenvalue weighted by molar-refractivity contribution is -0.291. The van der Waals surface area contributed by atoms with Crippen LogP contribution in [0.15, 0.2) is 42.5 Å². The lowest BCUT2D eigenvalue weighted by Crippen LogP contribution is -2.78. The number of aromatic hydroxyl groups is 1. The number of methoxy groups -OCH3 is 1. The molecular formula is C41H53NO6. The molecule has 3 spiro atoms. The minimum Gasteiger partial charge on any atom is -0.504 e. The van der Waals surface area contributed by atoms with Crippen LogP contribution in [0, 0.1) is 22.7 Å². The number of phenols is 1. The van der Waals surface area contributed by atoms with E-state index in [-0.39, 0.29) is 34.1 Å². The van der Waals surface area contributed by atoms with Gasteiger partial charge in [-0.15, -0.1) is 0 Å². The van der Waals surface area contributed by atoms with Gasteiger partial charge in [0.1, 0.15) is 17.3 Å². The fourth-order valence-electron chi connectivity index (χ4n) is 12.2. The van der Waals surface area contributed by atoms with Crippen LogP contribution >= 0.6 is 0 Å². The van der Waals surface area contributed by atoms with Gasteiger partial charge in [-0.1, -0.05) is 70.0 Å². The highest BCUT2D eigenvalue weighted by atomic mass is 16.7. The van der Waals surface area contributed by atoms with Gasteiger partial charge in [0.15, 0.2) is 11.5 Å². The molecule has 4 bridgehead atoms. The number of likely N-dealkylation sites (tertiary alicyclic amines) is 1. The van der Waals surface area contributed by atoms with E-state index in [0.29, 0.717) is 18.4 Å². The van der Waals surface area contributed by atoms with Gasteiger partial charge in [-0.3, -0.25) is 4.90 Å². The van der Waals surface area contributed by atoms with Crippen molar-refractivity contribution in [3.8, 4) is 11.5 Å². The molecule has 10 rings (SSSR count). The number of benzene rings is 2. The first-order valence-corrected chi connectivity index (χ1v) is 18.7. The second-order valence-electron chi connectivity index (χ2n) is 17.7. The van der Waals surface area contributed by atoms with Gasteiger partial charge in [0.05, 0.1) is 12.1 Å². The van der Waals surface area contributed by atoms with Crippen LogP contribution in [0.4, 0.5) is 4.79 Å². The Kier molecular flexibility index (Phi) is 6.61. The SMILES string of the molecule is COC12CCC3(CC1C(C)(OC(=O)OCCCCCCc1ccccc1)C(C)(C)C)C1N(CC4CC4)C14CC31c3c4ccc(O)c3OC21. The van der Waals surface area contributed by atoms with Gasteiger partial charge in [-0.05, 0) is 87.8 Å². The third-order valence-corrected chi connectivity index (χ3v) is 14.9. The van der Waals surface area contributed by atoms with Gasteiger partial charge in [0.2, 0.25) is 0 Å². The van der Waals surface area contributed by atoms with Gasteiger partial charge < -0.3 is 24.1 Å². The van der Waals surface area contributed by atoms with E-state index in [1.165, 1.54) is 29.5 Å². The predicted molar refractivity (Wildman–Crippen MR) is 182 cm³/mol. The number of carbonyl (C=O) groups excluding carboxylic acids is 1. The Hall–Kier alpha value is -2.77. The first-order valence-electron chi connectivity index (χ1n) is 18.7. The molecule has 2 aromatic rings. The van der Waals surface area contributed by atoms with Crippen molar-refractivity contribution in [3.05, 3.63) is 59.2 Å². The summed E-state index contributed by atoms with van der Waals surface area (Å²) in [4.78, 5) is 16.4. The maximum atomic E-state index is 13.6. The summed E-state index contributed by atoms with van der Waals surface area (Å²) in [6.07, 6.45) is 10.9. The number of unbranched alkanes of at least 4 members (excludes halogenated alkanes) is 3. The van der Waals surface area contributed by atoms with Crippen molar-refractivity contribution in [2.24, 2.45) is 22.7 Å². The zero-order chi connectivity index (χ0) is 33.3. The average Bonchev–Trinajstić information content (AvgIpc) is 3.90. The van der Waals surface area contributed by atoms with Crippen LogP contribution in [-0.2, 0) is 31.6 Å². The van der Waals surface area contributed by atoms with E-state index in [2.05, 4.69) is 69.0 Å². The van der Waals surface area contributed by atoms with Crippen LogP contribution in [0.3, 0.4) is 0 Å². The molecule has 7 heteroatoms. The molecule has 0 aromatic heterocycles. The number of hydrogen-bond acceptors (Lipinski definition) is 7. The van der Waals surface area contributed by atoms with Gasteiger partial charge in [-0.25, -0.2) is 4.79 Å². The van der Waals surface area contributed by atoms with E-state index < -0.39 is 22.8 Å². The van der Waals surface area contributed by atoms with Crippen LogP contribution in [0.25, 0.3) is 0 Å². The third-order valence-electron chi connectivity index (χ3n) is 14.9. The highest BCUT2D eigenvalue weighted by molar-refractivity contribution is 5.72. The van der Waals surface area contributed by atoms with Crippen molar-refractivity contribution in [1.82, 2.24) is 4.90 Å². The van der Waals surface area contributed by atoms with Crippen molar-refractivity contribution in [2.75, 3.05) is 20.3 Å². The van der Waals surface area contributed by atoms with E-state index in [1.807, 2.05) is 13.2 Å². The molecule has 2 heterocycles. The monoisotopic (exact) mass is 655 g/mol. The molecule has 1 N–H and O–H groups in total. The minimum absolute atomic E-state index is 0.0247. The zero-order valence-electron chi connectivity index (χ0n) is 29.5. The molecule has 6 aliphatic carbocycles. The molecule has 0 radical (unpaired) electrons. The maximum Gasteiger partial charge on any atom is 0.508 e. The Labute approximate surface area is 285 Å². The van der Waals surface area contributed by atoms with Crippen molar-refractivity contribution >= 4 is 6.16 Å². The van der Waals surface area contributed by atoms with Gasteiger partial charge in [-0.2, -0.15) is 0 Å². The summed E-state index contributed by atoms with van der Waals surface area (Å²) in [7, 11) is 1.83. The van der Waals surface area contributed by atoms with Gasteiger partial charge >= 0.3 is 6.16 Å². The summed E-state index contributed by atoms with van der Waals surface area (Å²) in [6.45, 7) is 10.2. The van der Waals surface area contributed by atoms with E-state index in [4.69, 9.17) is 18.9 Å². The third kappa shape index (κ3) is 3.76. The Bertz CT molecular complexity index is 1630. The molecule has 7 nitrogen and oxygen atoms in total. The van der Waals surface area contributed by atoms with E-state index >= 15 is 0 Å². The average molecular weight is 656 g/mol. The first kappa shape index (κ1) is 31.2. The second-order valence-corrected chi connectivity index (χ2v) is 17.7. The highest BCUT2D eigenvalue weighted by Crippen LogP contribution is 2.90. The summed E-state index contributed by atoms with van der Waals surface area (Å²) in [6, 6.07) is 15.1. The number of rotatable bonds is 12. The number of phenolic OH excluding ortho intramolecular Hbond substituents is 1. The molecule has 258 valence electrons. The Morgan fingerprint density at radius 2 is 1.79 bits per heavy atom. The molecule has 5 saturated carbocycles. The minimum atomic E-state index is -0.876. The quantitative estimate of drug-likeness (QED) is 0.141. The fraction of sp³-hybridized carbons (Fsp3) is 0.683. The summed E-state index contributed by atoms with van der Waals surface area (Å²) in [5.74, 6) is 1.61. The maximum absolute atomic E-state index is 13.6. The first-order chi connectivity index (χ1) is 23.0. The van der Waals surface area contributed by atoms with Crippen LogP contribution in [-0.4, -0.2) is 59.8 Å². The molecule has 6 fully saturated rings. The smallest absolute Gasteiger partial charge is 0.504 e. The molecule has 1 saturated heterocycles. The topological polar surface area (TPSA) is 77.2 Å². The van der Waals surface area contributed by atoms with Gasteiger partial charge in [0.25, 0.3) is 0 Å². The number of ether oxygens (including phenoxy) is 4. The predicted octanol–water partition coefficient (Wildman–Crippen LogP) is 8.04. The van der Waals surface area contributed by atoms with Crippen LogP contribution < -0.4 is 4.74 Å². The van der Waals surface area contributed by atoms with Crippen molar-refractivity contribution in [2.45, 2.75) is 133 Å². The van der Waals surface area contributed by atoms with E-state index in [0.717, 1.165) is 70.3 Å². The summed E-state index contributed by atoms with van der Waals surface area (Å²) >= 11 is 0. The molecule has 9 unspecified atom stereocenters. The van der Waals surface area contributed by atoms with Crippen LogP contribution in [0.5, 0.6) is 11.5 Å². The molecule has 9 atom stereocenters. The summed E-state index contributed by atoms with van der Waals surface area (Å²) in [5, 5.41) is 11.2. The van der Waals surface area contributed by atoms with Gasteiger partial charge in [0, 0.05) is 47.4 Å². The fourth-order valence-corrected chi connectivity index (χ4v) is 12.2. The number of fused-ring (bicyclic) bond motifs is 2. The highest BCUT2D eigenvalue weighted by Gasteiger charge is 2.95. The lowest BCUT2D eigenvalue weighted by atomic mass is 9.38. The number of aryl methyl sites for hydroxylation is 1. The Morgan fingerprint density at radius 1 is 1.02 bits per heavy atom. The number of nitrogens with zero attached hydrogens (tertiary/aromatic N) is 1. The Morgan fingerprint density at radius 3 is 2.52 bits per heavy atom. The standard InChI is InChI=1S/C41H53NO6/c1-36(2,3)37(4,48-35(44)46-22-12-7-6-9-13-26-14-10-8-11-15-26)30-23-38-20-21-41(30,45-5)34-39(38)25-40(33(38)42(40)24-27-16-17-27)28-18-19-29(43)32(47-34)31(28)39/h8,10-11,14-15,18-19,27,30,33-34,43H,6-7,9,12-13,16-17,20-25H2,1-5H3. The number of hydrogen-bond donors (Lipinski definition) is 1. The van der Waals surface area contributed by atoms with Crippen molar-refractivity contribution in [1.29, 1.82) is 0 Å². The largest absolute Gasteiger partial charge is 0.508 e. The van der Waals surface area contributed by atoms with E-state index in [9.17, 15) is 9.90 Å². The normalized spacial score (nSPS) is 38.6. The zero-order valence-corrected chi connectivity index (χ0v) is 29.5. The number of piperidine rings is 1. The van der Waals surface area contributed by atoms with Crippen LogP contribution in [0.2, 0.25) is 0 Å². The molecular weight excluding hydrogens is 602 g/mol. The van der Waals surface area contributed by atoms with Crippen LogP contribution in [0.1, 0.15) is 109 Å². The molecule has 2 aromatic carbocycles. The molecule has 0 amide bonds. The molecule has 2 aliphatic heterocycles. The summed E-state index contributed by atoms with van der Waals surface area (Å²) < 4.78 is 26.2. The number of carbonyl (C=O) groups is 1. The molecule has 48 heavy (non-hydrogen) atoms. The van der Waals surface area contributed by atoms with Crippen molar-refractivity contribution in [3.63, 3.8) is 0 Å². The van der Waals surface area contributed by atoms with Crippen molar-refractivity contribution < 1.29 is 28.8 Å². The Balaban J connectivity index is 0.975.